The Bertz CT molecular complexity index is 340. The second-order valence-electron chi connectivity index (χ2n) is 3.59. The average Bonchev–Trinajstić information content (AvgIpc) is 2.27. The van der Waals surface area contributed by atoms with Crippen molar-refractivity contribution in [2.24, 2.45) is 5.92 Å². The van der Waals surface area contributed by atoms with Gasteiger partial charge in [-0.05, 0) is 12.3 Å². The first-order valence-corrected chi connectivity index (χ1v) is 5.03. The quantitative estimate of drug-likeness (QED) is 0.656. The highest BCUT2D eigenvalue weighted by molar-refractivity contribution is 5.84. The Kier molecular flexibility index (Phi) is 4.65. The summed E-state index contributed by atoms with van der Waals surface area (Å²) in [5.41, 5.74) is -0.0750. The number of anilines is 1. The summed E-state index contributed by atoms with van der Waals surface area (Å²) in [5.74, 6) is -0.228. The Morgan fingerprint density at radius 1 is 1.50 bits per heavy atom. The van der Waals surface area contributed by atoms with Gasteiger partial charge >= 0.3 is 5.97 Å². The van der Waals surface area contributed by atoms with E-state index in [1.807, 2.05) is 6.92 Å². The fourth-order valence-corrected chi connectivity index (χ4v) is 1.13. The molecule has 1 aromatic rings. The lowest BCUT2D eigenvalue weighted by Crippen LogP contribution is -2.14. The maximum absolute atomic E-state index is 10.5. The monoisotopic (exact) mass is 225 g/mol. The molecular formula is C10H15N3O3. The minimum Gasteiger partial charge on any atom is -0.476 e. The summed E-state index contributed by atoms with van der Waals surface area (Å²) in [5, 5.41) is 20.3. The Balaban J connectivity index is 2.46. The molecule has 0 amide bonds. The molecule has 88 valence electrons. The maximum Gasteiger partial charge on any atom is 0.356 e. The number of nitrogens with one attached hydrogen (secondary N) is 1. The first-order valence-electron chi connectivity index (χ1n) is 5.03. The molecule has 0 aliphatic carbocycles. The number of hydrogen-bond acceptors (Lipinski definition) is 5. The van der Waals surface area contributed by atoms with Crippen molar-refractivity contribution in [2.75, 3.05) is 18.5 Å². The van der Waals surface area contributed by atoms with Crippen molar-refractivity contribution in [1.29, 1.82) is 0 Å². The van der Waals surface area contributed by atoms with Crippen molar-refractivity contribution < 1.29 is 15.0 Å². The minimum atomic E-state index is -1.09. The summed E-state index contributed by atoms with van der Waals surface area (Å²) in [6, 6.07) is 0. The van der Waals surface area contributed by atoms with Crippen LogP contribution in [0.15, 0.2) is 12.4 Å². The third kappa shape index (κ3) is 3.82. The molecule has 0 saturated heterocycles. The molecule has 0 aliphatic rings. The summed E-state index contributed by atoms with van der Waals surface area (Å²) >= 11 is 0. The van der Waals surface area contributed by atoms with E-state index < -0.39 is 5.97 Å². The van der Waals surface area contributed by atoms with Crippen LogP contribution in [0, 0.1) is 5.92 Å². The van der Waals surface area contributed by atoms with Gasteiger partial charge < -0.3 is 15.5 Å². The Labute approximate surface area is 93.4 Å². The van der Waals surface area contributed by atoms with Crippen LogP contribution in [0.4, 0.5) is 5.82 Å². The third-order valence-electron chi connectivity index (χ3n) is 2.12. The molecule has 1 atom stereocenters. The van der Waals surface area contributed by atoms with E-state index in [9.17, 15) is 4.79 Å². The van der Waals surface area contributed by atoms with Crippen LogP contribution in [0.1, 0.15) is 23.8 Å². The number of carboxylic acid groups (broad SMARTS) is 1. The van der Waals surface area contributed by atoms with E-state index in [1.165, 1.54) is 12.4 Å². The average molecular weight is 225 g/mol. The Morgan fingerprint density at radius 2 is 2.25 bits per heavy atom. The van der Waals surface area contributed by atoms with Crippen LogP contribution < -0.4 is 5.32 Å². The largest absolute Gasteiger partial charge is 0.476 e. The smallest absolute Gasteiger partial charge is 0.356 e. The minimum absolute atomic E-state index is 0.0750. The molecule has 0 aromatic carbocycles. The lowest BCUT2D eigenvalue weighted by molar-refractivity contribution is 0.0690. The Morgan fingerprint density at radius 3 is 2.75 bits per heavy atom. The highest BCUT2D eigenvalue weighted by Crippen LogP contribution is 2.05. The third-order valence-corrected chi connectivity index (χ3v) is 2.12. The van der Waals surface area contributed by atoms with Gasteiger partial charge in [-0.1, -0.05) is 6.92 Å². The number of carboxylic acids is 1. The number of aliphatic hydroxyl groups is 1. The summed E-state index contributed by atoms with van der Waals surface area (Å²) in [7, 11) is 0. The first kappa shape index (κ1) is 12.4. The SMILES string of the molecule is CC(CCO)CNc1cnc(C(=O)O)cn1. The summed E-state index contributed by atoms with van der Waals surface area (Å²) in [4.78, 5) is 18.2. The zero-order chi connectivity index (χ0) is 12.0. The lowest BCUT2D eigenvalue weighted by atomic mass is 10.1. The predicted molar refractivity (Wildman–Crippen MR) is 58.3 cm³/mol. The zero-order valence-corrected chi connectivity index (χ0v) is 9.05. The molecule has 0 radical (unpaired) electrons. The summed E-state index contributed by atoms with van der Waals surface area (Å²) in [6.07, 6.45) is 3.31. The van der Waals surface area contributed by atoms with Crippen molar-refractivity contribution in [1.82, 2.24) is 9.97 Å². The molecular weight excluding hydrogens is 210 g/mol. The van der Waals surface area contributed by atoms with E-state index in [4.69, 9.17) is 10.2 Å². The second-order valence-corrected chi connectivity index (χ2v) is 3.59. The van der Waals surface area contributed by atoms with Crippen LogP contribution in [0.25, 0.3) is 0 Å². The highest BCUT2D eigenvalue weighted by atomic mass is 16.4. The van der Waals surface area contributed by atoms with Gasteiger partial charge in [0.05, 0.1) is 12.4 Å². The maximum atomic E-state index is 10.5. The van der Waals surface area contributed by atoms with E-state index in [0.29, 0.717) is 24.7 Å². The predicted octanol–water partition coefficient (Wildman–Crippen LogP) is 0.605. The standard InChI is InChI=1S/C10H15N3O3/c1-7(2-3-14)4-12-9-6-11-8(5-13-9)10(15)16/h5-7,14H,2-4H2,1H3,(H,12,13)(H,15,16). The van der Waals surface area contributed by atoms with Gasteiger partial charge in [-0.2, -0.15) is 0 Å². The van der Waals surface area contributed by atoms with Crippen LogP contribution in [0.2, 0.25) is 0 Å². The van der Waals surface area contributed by atoms with Crippen molar-refractivity contribution in [3.63, 3.8) is 0 Å². The van der Waals surface area contributed by atoms with Gasteiger partial charge in [0, 0.05) is 13.2 Å². The topological polar surface area (TPSA) is 95.3 Å². The van der Waals surface area contributed by atoms with Crippen molar-refractivity contribution >= 4 is 11.8 Å². The molecule has 6 heteroatoms. The number of aromatic carboxylic acids is 1. The fraction of sp³-hybridized carbons (Fsp3) is 0.500. The van der Waals surface area contributed by atoms with Gasteiger partial charge in [-0.15, -0.1) is 0 Å². The molecule has 0 spiro atoms. The number of rotatable bonds is 6. The number of aliphatic hydroxyl groups excluding tert-OH is 1. The van der Waals surface area contributed by atoms with Crippen LogP contribution >= 0.6 is 0 Å². The second kappa shape index (κ2) is 6.02. The number of aromatic nitrogens is 2. The zero-order valence-electron chi connectivity index (χ0n) is 9.05. The van der Waals surface area contributed by atoms with Crippen molar-refractivity contribution in [3.05, 3.63) is 18.1 Å². The first-order chi connectivity index (χ1) is 7.63. The highest BCUT2D eigenvalue weighted by Gasteiger charge is 2.05. The van der Waals surface area contributed by atoms with Crippen LogP contribution in [0.5, 0.6) is 0 Å². The van der Waals surface area contributed by atoms with E-state index in [-0.39, 0.29) is 12.3 Å². The molecule has 1 unspecified atom stereocenters. The number of hydrogen-bond donors (Lipinski definition) is 3. The molecule has 16 heavy (non-hydrogen) atoms. The van der Waals surface area contributed by atoms with Crippen LogP contribution in [-0.2, 0) is 0 Å². The van der Waals surface area contributed by atoms with Gasteiger partial charge in [-0.25, -0.2) is 14.8 Å². The molecule has 1 rings (SSSR count). The van der Waals surface area contributed by atoms with Gasteiger partial charge in [0.2, 0.25) is 0 Å². The summed E-state index contributed by atoms with van der Waals surface area (Å²) in [6.45, 7) is 2.83. The molecule has 1 aromatic heterocycles. The van der Waals surface area contributed by atoms with Gasteiger partial charge in [0.15, 0.2) is 5.69 Å². The lowest BCUT2D eigenvalue weighted by Gasteiger charge is -2.10. The number of nitrogens with zero attached hydrogens (tertiary/aromatic N) is 2. The fourth-order valence-electron chi connectivity index (χ4n) is 1.13. The normalized spacial score (nSPS) is 12.1. The van der Waals surface area contributed by atoms with Gasteiger partial charge in [0.1, 0.15) is 5.82 Å². The molecule has 1 heterocycles. The molecule has 3 N–H and O–H groups in total. The molecule has 0 fully saturated rings. The van der Waals surface area contributed by atoms with Crippen LogP contribution in [-0.4, -0.2) is 39.3 Å². The van der Waals surface area contributed by atoms with Gasteiger partial charge in [0.25, 0.3) is 0 Å². The molecule has 6 nitrogen and oxygen atoms in total. The van der Waals surface area contributed by atoms with Gasteiger partial charge in [-0.3, -0.25) is 0 Å². The van der Waals surface area contributed by atoms with E-state index in [2.05, 4.69) is 15.3 Å². The summed E-state index contributed by atoms with van der Waals surface area (Å²) < 4.78 is 0. The van der Waals surface area contributed by atoms with Crippen LogP contribution in [0.3, 0.4) is 0 Å². The van der Waals surface area contributed by atoms with Crippen molar-refractivity contribution in [3.8, 4) is 0 Å². The Hall–Kier alpha value is -1.69. The van der Waals surface area contributed by atoms with E-state index >= 15 is 0 Å². The molecule has 0 bridgehead atoms. The molecule has 0 aliphatic heterocycles. The van der Waals surface area contributed by atoms with E-state index in [0.717, 1.165) is 0 Å². The number of carbonyl (C=O) groups is 1. The van der Waals surface area contributed by atoms with Crippen molar-refractivity contribution in [2.45, 2.75) is 13.3 Å². The molecule has 0 saturated carbocycles. The van der Waals surface area contributed by atoms with E-state index in [1.54, 1.807) is 0 Å².